The SMILES string of the molecule is CCOC(=O)C[C@H](NC(=O)[C@@H](N)CC(C)C)c1cncc(-c2c(C)cncc2C)c1.Cl.Cl.Cl. The summed E-state index contributed by atoms with van der Waals surface area (Å²) in [6.07, 6.45) is 7.61. The molecule has 0 spiro atoms. The van der Waals surface area contributed by atoms with Crippen molar-refractivity contribution in [3.8, 4) is 11.1 Å². The predicted molar refractivity (Wildman–Crippen MR) is 138 cm³/mol. The van der Waals surface area contributed by atoms with Crippen LogP contribution in [0, 0.1) is 19.8 Å². The molecule has 33 heavy (non-hydrogen) atoms. The average Bonchev–Trinajstić information content (AvgIpc) is 2.67. The molecule has 0 saturated heterocycles. The van der Waals surface area contributed by atoms with Crippen LogP contribution in [-0.2, 0) is 14.3 Å². The van der Waals surface area contributed by atoms with Crippen LogP contribution < -0.4 is 11.1 Å². The highest BCUT2D eigenvalue weighted by molar-refractivity contribution is 5.86. The zero-order valence-corrected chi connectivity index (χ0v) is 22.1. The number of ether oxygens (including phenoxy) is 1. The molecule has 2 atom stereocenters. The maximum absolute atomic E-state index is 12.6. The van der Waals surface area contributed by atoms with Crippen molar-refractivity contribution in [3.05, 3.63) is 47.5 Å². The first-order chi connectivity index (χ1) is 14.2. The van der Waals surface area contributed by atoms with Gasteiger partial charge in [-0.15, -0.1) is 37.2 Å². The van der Waals surface area contributed by atoms with Gasteiger partial charge < -0.3 is 15.8 Å². The summed E-state index contributed by atoms with van der Waals surface area (Å²) in [5, 5.41) is 2.92. The summed E-state index contributed by atoms with van der Waals surface area (Å²) in [7, 11) is 0. The fourth-order valence-corrected chi connectivity index (χ4v) is 3.47. The number of pyridine rings is 2. The van der Waals surface area contributed by atoms with Crippen molar-refractivity contribution in [2.75, 3.05) is 6.61 Å². The number of carbonyl (C=O) groups excluding carboxylic acids is 2. The number of nitrogens with zero attached hydrogens (tertiary/aromatic N) is 2. The fraction of sp³-hybridized carbons (Fsp3) is 0.478. The van der Waals surface area contributed by atoms with Crippen molar-refractivity contribution in [1.82, 2.24) is 15.3 Å². The number of rotatable bonds is 9. The first-order valence-electron chi connectivity index (χ1n) is 10.3. The standard InChI is InChI=1S/C23H32N4O3.3ClH/c1-6-30-21(28)9-20(27-23(29)19(24)7-14(2)3)17-8-18(13-26-12-17)22-15(4)10-25-11-16(22)5;;;/h8,10-14,19-20H,6-7,9,24H2,1-5H3,(H,27,29);3*1H/t19-,20-;;;/m0.../s1. The zero-order chi connectivity index (χ0) is 22.3. The van der Waals surface area contributed by atoms with Crippen LogP contribution in [0.1, 0.15) is 56.3 Å². The second-order valence-electron chi connectivity index (χ2n) is 7.96. The number of halogens is 3. The lowest BCUT2D eigenvalue weighted by Crippen LogP contribution is -2.43. The molecule has 0 aliphatic rings. The summed E-state index contributed by atoms with van der Waals surface area (Å²) in [6, 6.07) is 0.723. The van der Waals surface area contributed by atoms with Crippen molar-refractivity contribution in [3.63, 3.8) is 0 Å². The Morgan fingerprint density at radius 1 is 1.03 bits per heavy atom. The number of hydrogen-bond donors (Lipinski definition) is 2. The van der Waals surface area contributed by atoms with Crippen LogP contribution in [0.25, 0.3) is 11.1 Å². The molecule has 0 unspecified atom stereocenters. The van der Waals surface area contributed by atoms with E-state index in [0.29, 0.717) is 6.42 Å². The molecule has 2 heterocycles. The largest absolute Gasteiger partial charge is 0.466 e. The summed E-state index contributed by atoms with van der Waals surface area (Å²) < 4.78 is 5.10. The van der Waals surface area contributed by atoms with Crippen molar-refractivity contribution < 1.29 is 14.3 Å². The Balaban J connectivity index is 0. The van der Waals surface area contributed by atoms with Gasteiger partial charge in [0.25, 0.3) is 0 Å². The quantitative estimate of drug-likeness (QED) is 0.470. The molecule has 0 saturated carbocycles. The maximum Gasteiger partial charge on any atom is 0.308 e. The Morgan fingerprint density at radius 2 is 1.61 bits per heavy atom. The average molecular weight is 522 g/mol. The van der Waals surface area contributed by atoms with Crippen LogP contribution in [0.2, 0.25) is 0 Å². The van der Waals surface area contributed by atoms with Gasteiger partial charge in [0.05, 0.1) is 25.1 Å². The first-order valence-corrected chi connectivity index (χ1v) is 10.3. The molecule has 2 aromatic heterocycles. The molecule has 0 aromatic carbocycles. The van der Waals surface area contributed by atoms with Gasteiger partial charge in [0.1, 0.15) is 0 Å². The number of nitrogens with one attached hydrogen (secondary N) is 1. The smallest absolute Gasteiger partial charge is 0.308 e. The Bertz CT molecular complexity index is 877. The van der Waals surface area contributed by atoms with Gasteiger partial charge in [0, 0.05) is 30.4 Å². The molecular weight excluding hydrogens is 487 g/mol. The minimum Gasteiger partial charge on any atom is -0.466 e. The molecule has 186 valence electrons. The summed E-state index contributed by atoms with van der Waals surface area (Å²) in [5.74, 6) is -0.390. The highest BCUT2D eigenvalue weighted by Gasteiger charge is 2.24. The fourth-order valence-electron chi connectivity index (χ4n) is 3.47. The molecular formula is C23H35Cl3N4O3. The van der Waals surface area contributed by atoms with E-state index in [-0.39, 0.29) is 68.0 Å². The van der Waals surface area contributed by atoms with Gasteiger partial charge in [-0.25, -0.2) is 0 Å². The van der Waals surface area contributed by atoms with E-state index in [1.54, 1.807) is 31.7 Å². The third kappa shape index (κ3) is 9.84. The predicted octanol–water partition coefficient (Wildman–Crippen LogP) is 4.51. The summed E-state index contributed by atoms with van der Waals surface area (Å²) in [4.78, 5) is 33.4. The lowest BCUT2D eigenvalue weighted by Gasteiger charge is -2.22. The molecule has 0 aliphatic heterocycles. The number of aromatic nitrogens is 2. The highest BCUT2D eigenvalue weighted by atomic mass is 35.5. The minimum absolute atomic E-state index is 0. The monoisotopic (exact) mass is 520 g/mol. The second kappa shape index (κ2) is 15.8. The van der Waals surface area contributed by atoms with Crippen LogP contribution in [-0.4, -0.2) is 34.5 Å². The maximum atomic E-state index is 12.6. The molecule has 0 aliphatic carbocycles. The van der Waals surface area contributed by atoms with E-state index >= 15 is 0 Å². The zero-order valence-electron chi connectivity index (χ0n) is 19.7. The van der Waals surface area contributed by atoms with Gasteiger partial charge in [-0.3, -0.25) is 19.6 Å². The number of carbonyl (C=O) groups is 2. The van der Waals surface area contributed by atoms with Gasteiger partial charge in [-0.1, -0.05) is 13.8 Å². The summed E-state index contributed by atoms with van der Waals surface area (Å²) in [6.45, 7) is 10.0. The first kappa shape index (κ1) is 33.2. The molecule has 0 fully saturated rings. The Labute approximate surface area is 214 Å². The Kier molecular flexibility index (Phi) is 15.9. The Morgan fingerprint density at radius 3 is 2.15 bits per heavy atom. The van der Waals surface area contributed by atoms with Crippen LogP contribution in [0.4, 0.5) is 0 Å². The summed E-state index contributed by atoms with van der Waals surface area (Å²) >= 11 is 0. The number of nitrogens with two attached hydrogens (primary N) is 1. The van der Waals surface area contributed by atoms with E-state index in [0.717, 1.165) is 27.8 Å². The van der Waals surface area contributed by atoms with Gasteiger partial charge in [0.2, 0.25) is 5.91 Å². The van der Waals surface area contributed by atoms with E-state index < -0.39 is 12.1 Å². The van der Waals surface area contributed by atoms with E-state index in [1.165, 1.54) is 0 Å². The Hall–Kier alpha value is -1.93. The molecule has 2 aromatic rings. The highest BCUT2D eigenvalue weighted by Crippen LogP contribution is 2.28. The number of amides is 1. The lowest BCUT2D eigenvalue weighted by atomic mass is 9.96. The van der Waals surface area contributed by atoms with Crippen molar-refractivity contribution in [2.24, 2.45) is 11.7 Å². The normalized spacial score (nSPS) is 11.8. The van der Waals surface area contributed by atoms with Gasteiger partial charge in [-0.2, -0.15) is 0 Å². The molecule has 1 amide bonds. The van der Waals surface area contributed by atoms with E-state index in [1.807, 2.05) is 33.8 Å². The molecule has 7 nitrogen and oxygen atoms in total. The third-order valence-corrected chi connectivity index (χ3v) is 4.83. The van der Waals surface area contributed by atoms with Crippen LogP contribution in [0.15, 0.2) is 30.9 Å². The lowest BCUT2D eigenvalue weighted by molar-refractivity contribution is -0.143. The number of hydrogen-bond acceptors (Lipinski definition) is 6. The van der Waals surface area contributed by atoms with Gasteiger partial charge in [0.15, 0.2) is 0 Å². The summed E-state index contributed by atoms with van der Waals surface area (Å²) in [5.41, 5.74) is 10.8. The second-order valence-corrected chi connectivity index (χ2v) is 7.96. The van der Waals surface area contributed by atoms with Crippen LogP contribution in [0.3, 0.4) is 0 Å². The number of esters is 1. The van der Waals surface area contributed by atoms with Crippen LogP contribution >= 0.6 is 37.2 Å². The molecule has 0 radical (unpaired) electrons. The molecule has 3 N–H and O–H groups in total. The molecule has 2 rings (SSSR count). The van der Waals surface area contributed by atoms with Crippen molar-refractivity contribution in [2.45, 2.75) is 59.5 Å². The minimum atomic E-state index is -0.643. The molecule has 10 heteroatoms. The van der Waals surface area contributed by atoms with Crippen LogP contribution in [0.5, 0.6) is 0 Å². The van der Waals surface area contributed by atoms with E-state index in [4.69, 9.17) is 10.5 Å². The number of aryl methyl sites for hydroxylation is 2. The topological polar surface area (TPSA) is 107 Å². The van der Waals surface area contributed by atoms with Crippen molar-refractivity contribution in [1.29, 1.82) is 0 Å². The van der Waals surface area contributed by atoms with Gasteiger partial charge in [-0.05, 0) is 61.4 Å². The van der Waals surface area contributed by atoms with Crippen molar-refractivity contribution >= 4 is 49.1 Å². The van der Waals surface area contributed by atoms with Gasteiger partial charge >= 0.3 is 5.97 Å². The third-order valence-electron chi connectivity index (χ3n) is 4.83. The van der Waals surface area contributed by atoms with E-state index in [2.05, 4.69) is 15.3 Å². The van der Waals surface area contributed by atoms with E-state index in [9.17, 15) is 9.59 Å². The molecule has 0 bridgehead atoms.